The lowest BCUT2D eigenvalue weighted by molar-refractivity contribution is -0.00608. The summed E-state index contributed by atoms with van der Waals surface area (Å²) in [5.74, 6) is -3.31. The van der Waals surface area contributed by atoms with Crippen LogP contribution in [0.15, 0.2) is 12.4 Å². The van der Waals surface area contributed by atoms with E-state index >= 15 is 0 Å². The molecule has 0 unspecified atom stereocenters. The van der Waals surface area contributed by atoms with E-state index in [-0.39, 0.29) is 5.82 Å². The van der Waals surface area contributed by atoms with Gasteiger partial charge in [0.25, 0.3) is 0 Å². The Hall–Kier alpha value is -0.970. The molecule has 0 spiro atoms. The molecule has 0 aromatic carbocycles. The van der Waals surface area contributed by atoms with Crippen LogP contribution in [-0.4, -0.2) is 16.1 Å². The van der Waals surface area contributed by atoms with Crippen LogP contribution in [0.3, 0.4) is 0 Å². The lowest BCUT2D eigenvalue weighted by atomic mass is 10.3. The van der Waals surface area contributed by atoms with Crippen LogP contribution in [0.25, 0.3) is 0 Å². The summed E-state index contributed by atoms with van der Waals surface area (Å²) in [4.78, 5) is 3.49. The summed E-state index contributed by atoms with van der Waals surface area (Å²) >= 11 is 0. The second-order valence-electron chi connectivity index (χ2n) is 2.27. The normalized spacial score (nSPS) is 12.0. The molecular weight excluding hydrogens is 152 g/mol. The van der Waals surface area contributed by atoms with Gasteiger partial charge in [-0.05, 0) is 0 Å². The summed E-state index contributed by atoms with van der Waals surface area (Å²) in [6.07, 6.45) is 2.78. The standard InChI is InChI=1S/C6H9F2N3/c1-11-3-2-10-5(11)6(7,8)4-9/h2-3H,4,9H2,1H3. The zero-order valence-corrected chi connectivity index (χ0v) is 6.09. The second kappa shape index (κ2) is 2.58. The third kappa shape index (κ3) is 1.37. The maximum atomic E-state index is 12.8. The van der Waals surface area contributed by atoms with E-state index in [1.54, 1.807) is 0 Å². The fourth-order valence-corrected chi connectivity index (χ4v) is 0.809. The first-order valence-electron chi connectivity index (χ1n) is 3.13. The Morgan fingerprint density at radius 2 is 2.36 bits per heavy atom. The maximum Gasteiger partial charge on any atom is 0.316 e. The van der Waals surface area contributed by atoms with Gasteiger partial charge in [-0.3, -0.25) is 0 Å². The van der Waals surface area contributed by atoms with Gasteiger partial charge in [-0.2, -0.15) is 8.78 Å². The number of imidazole rings is 1. The van der Waals surface area contributed by atoms with Crippen LogP contribution in [0.4, 0.5) is 8.78 Å². The number of rotatable bonds is 2. The van der Waals surface area contributed by atoms with Gasteiger partial charge in [0.05, 0.1) is 6.54 Å². The molecule has 0 saturated heterocycles. The van der Waals surface area contributed by atoms with Crippen LogP contribution in [0.1, 0.15) is 5.82 Å². The Kier molecular flexibility index (Phi) is 1.90. The highest BCUT2D eigenvalue weighted by atomic mass is 19.3. The monoisotopic (exact) mass is 161 g/mol. The molecule has 0 radical (unpaired) electrons. The summed E-state index contributed by atoms with van der Waals surface area (Å²) < 4.78 is 26.8. The van der Waals surface area contributed by atoms with Gasteiger partial charge in [0, 0.05) is 19.4 Å². The van der Waals surface area contributed by atoms with Crippen LogP contribution in [0.2, 0.25) is 0 Å². The van der Waals surface area contributed by atoms with Gasteiger partial charge >= 0.3 is 5.92 Å². The Labute approximate surface area is 62.8 Å². The molecule has 3 nitrogen and oxygen atoms in total. The van der Waals surface area contributed by atoms with Crippen molar-refractivity contribution in [3.63, 3.8) is 0 Å². The summed E-state index contributed by atoms with van der Waals surface area (Å²) in [6.45, 7) is -0.710. The third-order valence-electron chi connectivity index (χ3n) is 1.40. The molecule has 0 aliphatic rings. The molecule has 0 fully saturated rings. The first-order chi connectivity index (χ1) is 5.08. The molecule has 0 atom stereocenters. The molecule has 0 amide bonds. The van der Waals surface area contributed by atoms with Crippen LogP contribution >= 0.6 is 0 Å². The zero-order valence-electron chi connectivity index (χ0n) is 6.09. The summed E-state index contributed by atoms with van der Waals surface area (Å²) in [5, 5.41) is 0. The zero-order chi connectivity index (χ0) is 8.48. The van der Waals surface area contributed by atoms with E-state index in [2.05, 4.69) is 4.98 Å². The highest BCUT2D eigenvalue weighted by molar-refractivity contribution is 5.00. The molecular formula is C6H9F2N3. The number of halogens is 2. The average Bonchev–Trinajstić information content (AvgIpc) is 2.36. The minimum Gasteiger partial charge on any atom is -0.333 e. The van der Waals surface area contributed by atoms with Crippen LogP contribution < -0.4 is 5.73 Å². The van der Waals surface area contributed by atoms with Crippen molar-refractivity contribution in [2.45, 2.75) is 5.92 Å². The first-order valence-corrected chi connectivity index (χ1v) is 3.13. The number of nitrogens with two attached hydrogens (primary N) is 1. The Bertz CT molecular complexity index is 244. The van der Waals surface area contributed by atoms with Crippen molar-refractivity contribution < 1.29 is 8.78 Å². The van der Waals surface area contributed by atoms with E-state index in [1.807, 2.05) is 0 Å². The van der Waals surface area contributed by atoms with E-state index in [9.17, 15) is 8.78 Å². The molecule has 1 rings (SSSR count). The minimum atomic E-state index is -3.02. The second-order valence-corrected chi connectivity index (χ2v) is 2.27. The molecule has 62 valence electrons. The molecule has 1 aromatic rings. The van der Waals surface area contributed by atoms with Crippen molar-refractivity contribution in [3.05, 3.63) is 18.2 Å². The van der Waals surface area contributed by atoms with Crippen molar-refractivity contribution in [1.29, 1.82) is 0 Å². The SMILES string of the molecule is Cn1ccnc1C(F)(F)CN. The Balaban J connectivity index is 3.00. The van der Waals surface area contributed by atoms with Gasteiger partial charge in [-0.1, -0.05) is 0 Å². The number of aromatic nitrogens is 2. The first kappa shape index (κ1) is 8.13. The predicted molar refractivity (Wildman–Crippen MR) is 36.2 cm³/mol. The smallest absolute Gasteiger partial charge is 0.316 e. The van der Waals surface area contributed by atoms with Crippen molar-refractivity contribution in [2.24, 2.45) is 12.8 Å². The molecule has 0 aliphatic carbocycles. The highest BCUT2D eigenvalue weighted by Gasteiger charge is 2.33. The van der Waals surface area contributed by atoms with E-state index < -0.39 is 12.5 Å². The number of alkyl halides is 2. The minimum absolute atomic E-state index is 0.292. The molecule has 0 saturated carbocycles. The third-order valence-corrected chi connectivity index (χ3v) is 1.40. The van der Waals surface area contributed by atoms with Gasteiger partial charge in [0.15, 0.2) is 5.82 Å². The summed E-state index contributed by atoms with van der Waals surface area (Å²) in [7, 11) is 1.51. The predicted octanol–water partition coefficient (Wildman–Crippen LogP) is 0.471. The van der Waals surface area contributed by atoms with E-state index in [0.717, 1.165) is 0 Å². The Morgan fingerprint density at radius 3 is 2.73 bits per heavy atom. The molecule has 0 bridgehead atoms. The molecule has 2 N–H and O–H groups in total. The van der Waals surface area contributed by atoms with Crippen LogP contribution in [0.5, 0.6) is 0 Å². The Morgan fingerprint density at radius 1 is 1.73 bits per heavy atom. The van der Waals surface area contributed by atoms with Gasteiger partial charge in [-0.25, -0.2) is 4.98 Å². The van der Waals surface area contributed by atoms with E-state index in [0.29, 0.717) is 0 Å². The lowest BCUT2D eigenvalue weighted by Gasteiger charge is -2.12. The van der Waals surface area contributed by atoms with E-state index in [1.165, 1.54) is 24.0 Å². The van der Waals surface area contributed by atoms with E-state index in [4.69, 9.17) is 5.73 Å². The number of hydrogen-bond donors (Lipinski definition) is 1. The largest absolute Gasteiger partial charge is 0.333 e. The molecule has 5 heteroatoms. The maximum absolute atomic E-state index is 12.8. The van der Waals surface area contributed by atoms with Gasteiger partial charge in [0.2, 0.25) is 0 Å². The quantitative estimate of drug-likeness (QED) is 0.685. The lowest BCUT2D eigenvalue weighted by Crippen LogP contribution is -2.28. The fraction of sp³-hybridized carbons (Fsp3) is 0.500. The number of aryl methyl sites for hydroxylation is 1. The average molecular weight is 161 g/mol. The van der Waals surface area contributed by atoms with Gasteiger partial charge < -0.3 is 10.3 Å². The topological polar surface area (TPSA) is 43.8 Å². The van der Waals surface area contributed by atoms with Crippen LogP contribution in [-0.2, 0) is 13.0 Å². The summed E-state index contributed by atoms with van der Waals surface area (Å²) in [5.41, 5.74) is 4.86. The molecule has 1 aromatic heterocycles. The van der Waals surface area contributed by atoms with Crippen molar-refractivity contribution in [1.82, 2.24) is 9.55 Å². The van der Waals surface area contributed by atoms with Crippen molar-refractivity contribution in [3.8, 4) is 0 Å². The molecule has 0 aliphatic heterocycles. The van der Waals surface area contributed by atoms with Crippen molar-refractivity contribution in [2.75, 3.05) is 6.54 Å². The fourth-order valence-electron chi connectivity index (χ4n) is 0.809. The highest BCUT2D eigenvalue weighted by Crippen LogP contribution is 2.23. The van der Waals surface area contributed by atoms with Crippen LogP contribution in [0, 0.1) is 0 Å². The molecule has 1 heterocycles. The summed E-state index contributed by atoms with van der Waals surface area (Å²) in [6, 6.07) is 0. The van der Waals surface area contributed by atoms with Crippen molar-refractivity contribution >= 4 is 0 Å². The number of nitrogens with zero attached hydrogens (tertiary/aromatic N) is 2. The van der Waals surface area contributed by atoms with Gasteiger partial charge in [-0.15, -0.1) is 0 Å². The number of hydrogen-bond acceptors (Lipinski definition) is 2. The molecule has 11 heavy (non-hydrogen) atoms. The van der Waals surface area contributed by atoms with Gasteiger partial charge in [0.1, 0.15) is 0 Å².